The normalized spacial score (nSPS) is 11.2. The Balaban J connectivity index is 0.000000419. The number of anilines is 2. The zero-order valence-corrected chi connectivity index (χ0v) is 24.9. The number of ether oxygens (including phenoxy) is 1. The van der Waals surface area contributed by atoms with Crippen molar-refractivity contribution in [1.82, 2.24) is 0 Å². The van der Waals surface area contributed by atoms with Crippen LogP contribution in [0.3, 0.4) is 0 Å². The molecule has 0 unspecified atom stereocenters. The van der Waals surface area contributed by atoms with Crippen molar-refractivity contribution in [3.63, 3.8) is 0 Å². The predicted molar refractivity (Wildman–Crippen MR) is 144 cm³/mol. The number of hydrogen-bond acceptors (Lipinski definition) is 5. The van der Waals surface area contributed by atoms with Crippen LogP contribution in [0, 0.1) is 0 Å². The molecule has 41 heavy (non-hydrogen) atoms. The molecule has 0 heterocycles. The number of unbranched alkanes of at least 4 members (excludes halogenated alkanes) is 5. The van der Waals surface area contributed by atoms with E-state index in [1.54, 1.807) is 5.01 Å². The monoisotopic (exact) mass is 762 g/mol. The Kier molecular flexibility index (Phi) is 15.5. The quantitative estimate of drug-likeness (QED) is 0.0657. The second kappa shape index (κ2) is 17.4. The Labute approximate surface area is 249 Å². The number of benzene rings is 3. The summed E-state index contributed by atoms with van der Waals surface area (Å²) in [5, 5.41) is 18.9. The third-order valence-corrected chi connectivity index (χ3v) is 5.82. The van der Waals surface area contributed by atoms with Gasteiger partial charge in [0.1, 0.15) is 5.75 Å². The van der Waals surface area contributed by atoms with E-state index in [-0.39, 0.29) is 38.0 Å². The second-order valence-corrected chi connectivity index (χ2v) is 9.03. The summed E-state index contributed by atoms with van der Waals surface area (Å²) in [4.78, 5) is 0. The summed E-state index contributed by atoms with van der Waals surface area (Å²) in [6.07, 6.45) is -2.31. The predicted octanol–water partition coefficient (Wildman–Crippen LogP) is 6.84. The number of nitrogens with zero attached hydrogens (tertiary/aromatic N) is 1. The molecule has 226 valence electrons. The first-order valence-corrected chi connectivity index (χ1v) is 12.8. The third kappa shape index (κ3) is 12.9. The van der Waals surface area contributed by atoms with Crippen LogP contribution >= 0.6 is 0 Å². The van der Waals surface area contributed by atoms with Crippen molar-refractivity contribution in [2.24, 2.45) is 5.84 Å². The molecular formula is C28H33BF6N2O3Os. The minimum atomic E-state index is -5.00. The summed E-state index contributed by atoms with van der Waals surface area (Å²) in [6, 6.07) is 18.3. The molecule has 4 N–H and O–H groups in total. The van der Waals surface area contributed by atoms with Gasteiger partial charge in [0.05, 0.1) is 29.1 Å². The van der Waals surface area contributed by atoms with Gasteiger partial charge in [-0.15, -0.1) is 0 Å². The number of hydrazine groups is 1. The summed E-state index contributed by atoms with van der Waals surface area (Å²) in [5.74, 6) is 7.04. The Bertz CT molecular complexity index is 1120. The van der Waals surface area contributed by atoms with E-state index in [0.29, 0.717) is 0 Å². The smallest absolute Gasteiger partial charge is 0.488 e. The average molecular weight is 761 g/mol. The van der Waals surface area contributed by atoms with Gasteiger partial charge in [-0.1, -0.05) is 69.4 Å². The largest absolute Gasteiger partial charge is 0.494 e. The van der Waals surface area contributed by atoms with Gasteiger partial charge in [0, 0.05) is 19.8 Å². The van der Waals surface area contributed by atoms with Gasteiger partial charge < -0.3 is 14.8 Å². The second-order valence-electron chi connectivity index (χ2n) is 9.03. The van der Waals surface area contributed by atoms with Crippen LogP contribution in [-0.2, 0) is 32.1 Å². The van der Waals surface area contributed by atoms with E-state index in [4.69, 9.17) is 20.6 Å². The standard InChI is InChI=1S/C20H28N2O.C8H5BF6O2.Os/c1-2-3-4-5-6-10-17-23-20-15-13-19(14-16-20)22(21)18-11-8-7-9-12-18;10-7(11,12)4-1-5(8(13,14)15)3-6(2-4)9(16)17;/h7-9,11-16H,2-6,10,17,21H2,1H3;1-3,16-17H;. The van der Waals surface area contributed by atoms with E-state index < -0.39 is 36.1 Å². The van der Waals surface area contributed by atoms with Gasteiger partial charge in [-0.3, -0.25) is 5.01 Å². The van der Waals surface area contributed by atoms with Crippen LogP contribution in [0.5, 0.6) is 5.75 Å². The van der Waals surface area contributed by atoms with Gasteiger partial charge in [0.15, 0.2) is 0 Å². The molecular weight excluding hydrogens is 727 g/mol. The van der Waals surface area contributed by atoms with Crippen molar-refractivity contribution in [3.05, 3.63) is 83.9 Å². The molecule has 0 saturated carbocycles. The number of halogens is 6. The Morgan fingerprint density at radius 3 is 1.71 bits per heavy atom. The topological polar surface area (TPSA) is 79.0 Å². The minimum Gasteiger partial charge on any atom is -0.494 e. The zero-order chi connectivity index (χ0) is 29.8. The van der Waals surface area contributed by atoms with Crippen LogP contribution in [-0.4, -0.2) is 23.8 Å². The van der Waals surface area contributed by atoms with Gasteiger partial charge in [-0.25, -0.2) is 5.84 Å². The van der Waals surface area contributed by atoms with Crippen molar-refractivity contribution < 1.29 is 60.9 Å². The van der Waals surface area contributed by atoms with Crippen LogP contribution in [0.4, 0.5) is 37.7 Å². The molecule has 0 aliphatic rings. The molecule has 0 bridgehead atoms. The van der Waals surface area contributed by atoms with E-state index in [0.717, 1.165) is 30.2 Å². The van der Waals surface area contributed by atoms with E-state index in [2.05, 4.69) is 6.92 Å². The molecule has 0 atom stereocenters. The molecule has 0 spiro atoms. The number of nitrogens with two attached hydrogens (primary N) is 1. The van der Waals surface area contributed by atoms with Crippen LogP contribution in [0.1, 0.15) is 56.6 Å². The van der Waals surface area contributed by atoms with Crippen molar-refractivity contribution in [3.8, 4) is 5.75 Å². The fraction of sp³-hybridized carbons (Fsp3) is 0.357. The summed E-state index contributed by atoms with van der Waals surface area (Å²) in [5.41, 5.74) is -2.13. The number of alkyl halides is 6. The molecule has 0 radical (unpaired) electrons. The molecule has 3 aromatic carbocycles. The van der Waals surface area contributed by atoms with Gasteiger partial charge in [-0.2, -0.15) is 26.3 Å². The number of para-hydroxylation sites is 1. The molecule has 0 aliphatic carbocycles. The van der Waals surface area contributed by atoms with Gasteiger partial charge >= 0.3 is 19.5 Å². The fourth-order valence-electron chi connectivity index (χ4n) is 3.64. The summed E-state index contributed by atoms with van der Waals surface area (Å²) in [7, 11) is -2.40. The van der Waals surface area contributed by atoms with Crippen LogP contribution in [0.2, 0.25) is 0 Å². The first kappa shape index (κ1) is 36.4. The van der Waals surface area contributed by atoms with Crippen LogP contribution < -0.4 is 21.1 Å². The number of hydrogen-bond donors (Lipinski definition) is 3. The SMILES string of the molecule is CCCCCCCCOc1ccc(N(N)c2ccccc2)cc1.OB(O)c1cc(C(F)(F)F)cc(C(F)(F)F)c1.[Os]. The summed E-state index contributed by atoms with van der Waals surface area (Å²) < 4.78 is 79.4. The maximum absolute atomic E-state index is 12.3. The summed E-state index contributed by atoms with van der Waals surface area (Å²) in [6.45, 7) is 3.03. The molecule has 0 aliphatic heterocycles. The van der Waals surface area contributed by atoms with Crippen LogP contribution in [0.15, 0.2) is 72.8 Å². The molecule has 0 amide bonds. The Hall–Kier alpha value is -2.58. The fourth-order valence-corrected chi connectivity index (χ4v) is 3.64. The molecule has 5 nitrogen and oxygen atoms in total. The van der Waals surface area contributed by atoms with Gasteiger partial charge in [0.2, 0.25) is 0 Å². The molecule has 0 aromatic heterocycles. The molecule has 0 fully saturated rings. The Morgan fingerprint density at radius 1 is 0.732 bits per heavy atom. The van der Waals surface area contributed by atoms with Crippen molar-refractivity contribution in [1.29, 1.82) is 0 Å². The molecule has 3 rings (SSSR count). The first-order valence-electron chi connectivity index (χ1n) is 12.8. The first-order chi connectivity index (χ1) is 18.8. The van der Waals surface area contributed by atoms with Crippen molar-refractivity contribution in [2.75, 3.05) is 11.6 Å². The zero-order valence-electron chi connectivity index (χ0n) is 22.4. The molecule has 3 aromatic rings. The van der Waals surface area contributed by atoms with E-state index in [1.165, 1.54) is 32.1 Å². The average Bonchev–Trinajstić information content (AvgIpc) is 2.92. The van der Waals surface area contributed by atoms with Crippen LogP contribution in [0.25, 0.3) is 0 Å². The van der Waals surface area contributed by atoms with E-state index in [9.17, 15) is 26.3 Å². The van der Waals surface area contributed by atoms with E-state index >= 15 is 0 Å². The van der Waals surface area contributed by atoms with Gasteiger partial charge in [0.25, 0.3) is 0 Å². The summed E-state index contributed by atoms with van der Waals surface area (Å²) >= 11 is 0. The minimum absolute atomic E-state index is 0. The maximum atomic E-state index is 12.3. The van der Waals surface area contributed by atoms with Crippen molar-refractivity contribution in [2.45, 2.75) is 57.8 Å². The Morgan fingerprint density at radius 2 is 1.22 bits per heavy atom. The van der Waals surface area contributed by atoms with Gasteiger partial charge in [-0.05, 0) is 54.3 Å². The maximum Gasteiger partial charge on any atom is 0.488 e. The van der Waals surface area contributed by atoms with E-state index in [1.807, 2.05) is 54.6 Å². The molecule has 13 heteroatoms. The van der Waals surface area contributed by atoms with Crippen molar-refractivity contribution >= 4 is 24.0 Å². The third-order valence-electron chi connectivity index (χ3n) is 5.82. The molecule has 0 saturated heterocycles. The number of rotatable bonds is 11.